The van der Waals surface area contributed by atoms with Crippen LogP contribution >= 0.6 is 0 Å². The number of hydrogen-bond acceptors (Lipinski definition) is 3. The Bertz CT molecular complexity index is 727. The number of likely N-dealkylation sites (tertiary alicyclic amines) is 1. The molecule has 2 aromatic rings. The van der Waals surface area contributed by atoms with Crippen LogP contribution in [0.4, 0.5) is 0 Å². The van der Waals surface area contributed by atoms with Crippen molar-refractivity contribution in [2.24, 2.45) is 7.05 Å². The number of rotatable bonds is 4. The summed E-state index contributed by atoms with van der Waals surface area (Å²) in [4.78, 5) is 15.1. The van der Waals surface area contributed by atoms with E-state index < -0.39 is 0 Å². The molecule has 0 aromatic carbocycles. The first-order valence-electron chi connectivity index (χ1n) is 8.45. The van der Waals surface area contributed by atoms with Crippen molar-refractivity contribution in [3.05, 3.63) is 35.4 Å². The molecule has 1 aliphatic carbocycles. The molecule has 6 nitrogen and oxygen atoms in total. The summed E-state index contributed by atoms with van der Waals surface area (Å²) in [6, 6.07) is 0.231. The highest BCUT2D eigenvalue weighted by molar-refractivity contribution is 5.95. The highest BCUT2D eigenvalue weighted by atomic mass is 16.2. The zero-order valence-electron chi connectivity index (χ0n) is 13.8. The molecule has 1 saturated heterocycles. The number of carbonyl (C=O) groups excluding carboxylic acids is 1. The van der Waals surface area contributed by atoms with E-state index in [-0.39, 0.29) is 11.9 Å². The minimum atomic E-state index is 0.145. The third-order valence-corrected chi connectivity index (χ3v) is 4.98. The van der Waals surface area contributed by atoms with Gasteiger partial charge in [-0.3, -0.25) is 14.2 Å². The van der Waals surface area contributed by atoms with Crippen LogP contribution in [0.1, 0.15) is 53.2 Å². The van der Waals surface area contributed by atoms with Crippen LogP contribution in [0.2, 0.25) is 0 Å². The summed E-state index contributed by atoms with van der Waals surface area (Å²) in [7, 11) is 1.94. The van der Waals surface area contributed by atoms with Crippen LogP contribution in [0.3, 0.4) is 0 Å². The number of aromatic nitrogens is 4. The first-order valence-corrected chi connectivity index (χ1v) is 8.45. The molecule has 1 atom stereocenters. The standard InChI is InChI=1S/C17H23N5O/c1-12-8-19-21(10-12)11-14-4-3-7-22(14)17(23)15-9-18-20(2)16(15)13-5-6-13/h8-10,13-14H,3-7,11H2,1-2H3/t14-/m1/s1. The molecule has 0 spiro atoms. The van der Waals surface area contributed by atoms with Crippen molar-refractivity contribution in [2.45, 2.75) is 51.1 Å². The van der Waals surface area contributed by atoms with Gasteiger partial charge in [-0.1, -0.05) is 0 Å². The molecule has 0 bridgehead atoms. The number of amides is 1. The largest absolute Gasteiger partial charge is 0.334 e. The van der Waals surface area contributed by atoms with Gasteiger partial charge >= 0.3 is 0 Å². The van der Waals surface area contributed by atoms with Gasteiger partial charge < -0.3 is 4.90 Å². The molecule has 1 aliphatic heterocycles. The summed E-state index contributed by atoms with van der Waals surface area (Å²) >= 11 is 0. The van der Waals surface area contributed by atoms with Gasteiger partial charge in [-0.2, -0.15) is 10.2 Å². The lowest BCUT2D eigenvalue weighted by molar-refractivity contribution is 0.0720. The van der Waals surface area contributed by atoms with Crippen molar-refractivity contribution in [3.63, 3.8) is 0 Å². The van der Waals surface area contributed by atoms with Crippen LogP contribution in [0.25, 0.3) is 0 Å². The molecular formula is C17H23N5O. The molecule has 2 aromatic heterocycles. The molecule has 2 fully saturated rings. The van der Waals surface area contributed by atoms with E-state index in [4.69, 9.17) is 0 Å². The topological polar surface area (TPSA) is 56.0 Å². The summed E-state index contributed by atoms with van der Waals surface area (Å²) in [5, 5.41) is 8.70. The summed E-state index contributed by atoms with van der Waals surface area (Å²) in [5.41, 5.74) is 3.08. The Labute approximate surface area is 136 Å². The van der Waals surface area contributed by atoms with Gasteiger partial charge in [0.15, 0.2) is 0 Å². The van der Waals surface area contributed by atoms with E-state index in [2.05, 4.69) is 10.2 Å². The number of carbonyl (C=O) groups is 1. The Morgan fingerprint density at radius 1 is 1.26 bits per heavy atom. The molecule has 0 N–H and O–H groups in total. The van der Waals surface area contributed by atoms with E-state index in [0.717, 1.165) is 42.8 Å². The molecule has 4 rings (SSSR count). The lowest BCUT2D eigenvalue weighted by Gasteiger charge is -2.25. The van der Waals surface area contributed by atoms with Crippen LogP contribution in [-0.4, -0.2) is 43.0 Å². The number of nitrogens with zero attached hydrogens (tertiary/aromatic N) is 5. The molecule has 3 heterocycles. The summed E-state index contributed by atoms with van der Waals surface area (Å²) in [6.07, 6.45) is 10.1. The smallest absolute Gasteiger partial charge is 0.257 e. The third-order valence-electron chi connectivity index (χ3n) is 4.98. The zero-order valence-corrected chi connectivity index (χ0v) is 13.8. The Balaban J connectivity index is 1.55. The van der Waals surface area contributed by atoms with Crippen LogP contribution < -0.4 is 0 Å². The monoisotopic (exact) mass is 313 g/mol. The maximum absolute atomic E-state index is 13.1. The fourth-order valence-electron chi connectivity index (χ4n) is 3.68. The molecule has 122 valence electrons. The predicted octanol–water partition coefficient (Wildman–Crippen LogP) is 2.11. The second kappa shape index (κ2) is 5.51. The first kappa shape index (κ1) is 14.5. The first-order chi connectivity index (χ1) is 11.1. The molecule has 2 aliphatic rings. The number of aryl methyl sites for hydroxylation is 2. The van der Waals surface area contributed by atoms with Crippen molar-refractivity contribution in [1.29, 1.82) is 0 Å². The molecule has 0 unspecified atom stereocenters. The molecule has 1 amide bonds. The van der Waals surface area contributed by atoms with Crippen molar-refractivity contribution in [3.8, 4) is 0 Å². The van der Waals surface area contributed by atoms with E-state index >= 15 is 0 Å². The van der Waals surface area contributed by atoms with Crippen molar-refractivity contribution >= 4 is 5.91 Å². The van der Waals surface area contributed by atoms with E-state index in [1.54, 1.807) is 6.20 Å². The van der Waals surface area contributed by atoms with Gasteiger partial charge in [0.1, 0.15) is 0 Å². The molecule has 23 heavy (non-hydrogen) atoms. The minimum Gasteiger partial charge on any atom is -0.334 e. The van der Waals surface area contributed by atoms with Gasteiger partial charge in [-0.25, -0.2) is 0 Å². The average Bonchev–Trinajstić information content (AvgIpc) is 2.93. The van der Waals surface area contributed by atoms with Gasteiger partial charge in [-0.15, -0.1) is 0 Å². The lowest BCUT2D eigenvalue weighted by atomic mass is 10.1. The van der Waals surface area contributed by atoms with Gasteiger partial charge in [-0.05, 0) is 38.2 Å². The van der Waals surface area contributed by atoms with Gasteiger partial charge in [0.25, 0.3) is 5.91 Å². The quantitative estimate of drug-likeness (QED) is 0.868. The van der Waals surface area contributed by atoms with E-state index in [1.807, 2.05) is 40.6 Å². The molecule has 1 saturated carbocycles. The average molecular weight is 313 g/mol. The highest BCUT2D eigenvalue weighted by Crippen LogP contribution is 2.41. The second-order valence-electron chi connectivity index (χ2n) is 6.88. The van der Waals surface area contributed by atoms with Gasteiger partial charge in [0.2, 0.25) is 0 Å². The van der Waals surface area contributed by atoms with Gasteiger partial charge in [0, 0.05) is 25.7 Å². The van der Waals surface area contributed by atoms with E-state index in [9.17, 15) is 4.79 Å². The molecule has 6 heteroatoms. The summed E-state index contributed by atoms with van der Waals surface area (Å²) in [5.74, 6) is 0.669. The van der Waals surface area contributed by atoms with Crippen LogP contribution in [-0.2, 0) is 13.6 Å². The van der Waals surface area contributed by atoms with Crippen molar-refractivity contribution in [2.75, 3.05) is 6.54 Å². The van der Waals surface area contributed by atoms with Crippen molar-refractivity contribution in [1.82, 2.24) is 24.5 Å². The Morgan fingerprint density at radius 3 is 2.78 bits per heavy atom. The lowest BCUT2D eigenvalue weighted by Crippen LogP contribution is -2.38. The number of hydrogen-bond donors (Lipinski definition) is 0. The zero-order chi connectivity index (χ0) is 16.0. The van der Waals surface area contributed by atoms with Crippen LogP contribution in [0.5, 0.6) is 0 Å². The normalized spacial score (nSPS) is 21.1. The van der Waals surface area contributed by atoms with Gasteiger partial charge in [0.05, 0.1) is 36.2 Å². The SMILES string of the molecule is Cc1cnn(C[C@H]2CCCN2C(=O)c2cnn(C)c2C2CC2)c1. The van der Waals surface area contributed by atoms with Crippen molar-refractivity contribution < 1.29 is 4.79 Å². The summed E-state index contributed by atoms with van der Waals surface area (Å²) < 4.78 is 3.84. The Kier molecular flexibility index (Phi) is 3.47. The maximum Gasteiger partial charge on any atom is 0.257 e. The molecular weight excluding hydrogens is 290 g/mol. The van der Waals surface area contributed by atoms with E-state index in [0.29, 0.717) is 5.92 Å². The highest BCUT2D eigenvalue weighted by Gasteiger charge is 2.36. The molecule has 0 radical (unpaired) electrons. The van der Waals surface area contributed by atoms with Crippen LogP contribution in [0.15, 0.2) is 18.6 Å². The third kappa shape index (κ3) is 2.66. The fraction of sp³-hybridized carbons (Fsp3) is 0.588. The van der Waals surface area contributed by atoms with Crippen LogP contribution in [0, 0.1) is 6.92 Å². The second-order valence-corrected chi connectivity index (χ2v) is 6.88. The van der Waals surface area contributed by atoms with E-state index in [1.165, 1.54) is 12.8 Å². The minimum absolute atomic E-state index is 0.145. The predicted molar refractivity (Wildman–Crippen MR) is 86.2 cm³/mol. The fourth-order valence-corrected chi connectivity index (χ4v) is 3.68. The Hall–Kier alpha value is -2.11. The maximum atomic E-state index is 13.1. The summed E-state index contributed by atoms with van der Waals surface area (Å²) in [6.45, 7) is 3.65. The Morgan fingerprint density at radius 2 is 2.09 bits per heavy atom.